The molecule has 132 valence electrons. The van der Waals surface area contributed by atoms with E-state index >= 15 is 0 Å². The molecule has 0 aliphatic rings. The highest BCUT2D eigenvalue weighted by molar-refractivity contribution is 7.99. The third-order valence-corrected chi connectivity index (χ3v) is 5.02. The van der Waals surface area contributed by atoms with Crippen LogP contribution in [0.3, 0.4) is 0 Å². The molecule has 1 atom stereocenters. The first-order chi connectivity index (χ1) is 12.0. The van der Waals surface area contributed by atoms with Crippen LogP contribution in [0.4, 0.5) is 0 Å². The third kappa shape index (κ3) is 3.88. The fourth-order valence-corrected chi connectivity index (χ4v) is 3.49. The lowest BCUT2D eigenvalue weighted by Gasteiger charge is -2.09. The molecule has 3 aromatic rings. The number of aromatic nitrogens is 5. The number of hydrogen-bond donors (Lipinski definition) is 0. The van der Waals surface area contributed by atoms with Gasteiger partial charge in [-0.2, -0.15) is 4.98 Å². The van der Waals surface area contributed by atoms with Crippen molar-refractivity contribution in [1.82, 2.24) is 24.9 Å². The van der Waals surface area contributed by atoms with Crippen LogP contribution in [0.25, 0.3) is 11.4 Å². The molecule has 0 bridgehead atoms. The van der Waals surface area contributed by atoms with Crippen LogP contribution in [0, 0.1) is 0 Å². The Kier molecular flexibility index (Phi) is 5.44. The average molecular weight is 378 g/mol. The summed E-state index contributed by atoms with van der Waals surface area (Å²) in [6, 6.07) is 7.63. The van der Waals surface area contributed by atoms with Crippen molar-refractivity contribution in [3.05, 3.63) is 41.0 Å². The van der Waals surface area contributed by atoms with Gasteiger partial charge in [0.15, 0.2) is 16.8 Å². The monoisotopic (exact) mass is 377 g/mol. The second-order valence-corrected chi connectivity index (χ2v) is 7.71. The van der Waals surface area contributed by atoms with Gasteiger partial charge in [0.1, 0.15) is 0 Å². The van der Waals surface area contributed by atoms with E-state index < -0.39 is 0 Å². The molecule has 0 saturated heterocycles. The van der Waals surface area contributed by atoms with Gasteiger partial charge in [-0.15, -0.1) is 10.2 Å². The number of hydrogen-bond acceptors (Lipinski definition) is 6. The fraction of sp³-hybridized carbons (Fsp3) is 0.412. The molecule has 1 unspecified atom stereocenters. The van der Waals surface area contributed by atoms with Crippen LogP contribution in [-0.2, 0) is 6.54 Å². The van der Waals surface area contributed by atoms with Gasteiger partial charge in [0.2, 0.25) is 5.89 Å². The van der Waals surface area contributed by atoms with Crippen LogP contribution >= 0.6 is 23.4 Å². The molecular formula is C17H20ClN5OS. The summed E-state index contributed by atoms with van der Waals surface area (Å²) >= 11 is 7.65. The molecule has 0 spiro atoms. The number of halogens is 1. The summed E-state index contributed by atoms with van der Waals surface area (Å²) in [5.74, 6) is 2.36. The number of benzene rings is 1. The van der Waals surface area contributed by atoms with E-state index in [0.29, 0.717) is 10.9 Å². The predicted octanol–water partition coefficient (Wildman–Crippen LogP) is 4.98. The summed E-state index contributed by atoms with van der Waals surface area (Å²) < 4.78 is 7.45. The molecule has 0 fully saturated rings. The number of thioether (sulfide) groups is 1. The van der Waals surface area contributed by atoms with Gasteiger partial charge < -0.3 is 9.09 Å². The Balaban J connectivity index is 1.85. The predicted molar refractivity (Wildman–Crippen MR) is 98.8 cm³/mol. The second kappa shape index (κ2) is 7.58. The maximum absolute atomic E-state index is 6.10. The summed E-state index contributed by atoms with van der Waals surface area (Å²) in [6.07, 6.45) is 0. The molecule has 6 nitrogen and oxygen atoms in total. The van der Waals surface area contributed by atoms with Crippen molar-refractivity contribution in [2.24, 2.45) is 0 Å². The van der Waals surface area contributed by atoms with Crippen LogP contribution in [0.5, 0.6) is 0 Å². The van der Waals surface area contributed by atoms with Crippen molar-refractivity contribution in [3.63, 3.8) is 0 Å². The first-order valence-corrected chi connectivity index (χ1v) is 9.44. The molecule has 1 aromatic carbocycles. The highest BCUT2D eigenvalue weighted by Crippen LogP contribution is 2.35. The van der Waals surface area contributed by atoms with Gasteiger partial charge in [-0.1, -0.05) is 54.5 Å². The van der Waals surface area contributed by atoms with Gasteiger partial charge in [-0.05, 0) is 26.0 Å². The van der Waals surface area contributed by atoms with Crippen molar-refractivity contribution < 1.29 is 4.52 Å². The van der Waals surface area contributed by atoms with Gasteiger partial charge in [0.05, 0.1) is 5.25 Å². The van der Waals surface area contributed by atoms with Crippen molar-refractivity contribution in [2.75, 3.05) is 0 Å². The van der Waals surface area contributed by atoms with E-state index in [1.165, 1.54) is 0 Å². The van der Waals surface area contributed by atoms with Gasteiger partial charge in [0, 0.05) is 23.0 Å². The Morgan fingerprint density at radius 1 is 1.24 bits per heavy atom. The molecule has 2 aromatic heterocycles. The molecule has 3 rings (SSSR count). The zero-order chi connectivity index (χ0) is 18.0. The highest BCUT2D eigenvalue weighted by Gasteiger charge is 2.21. The first-order valence-electron chi connectivity index (χ1n) is 8.18. The lowest BCUT2D eigenvalue weighted by molar-refractivity contribution is 0.373. The Morgan fingerprint density at radius 3 is 2.68 bits per heavy atom. The normalized spacial score (nSPS) is 12.7. The zero-order valence-corrected chi connectivity index (χ0v) is 16.2. The molecular weight excluding hydrogens is 358 g/mol. The summed E-state index contributed by atoms with van der Waals surface area (Å²) in [6.45, 7) is 8.92. The lowest BCUT2D eigenvalue weighted by Crippen LogP contribution is -2.01. The topological polar surface area (TPSA) is 69.6 Å². The molecule has 25 heavy (non-hydrogen) atoms. The van der Waals surface area contributed by atoms with E-state index in [1.807, 2.05) is 45.0 Å². The van der Waals surface area contributed by atoms with Crippen LogP contribution in [0.15, 0.2) is 33.9 Å². The standard InChI is InChI=1S/C17H20ClN5OS/c1-5-23-15(12-7-6-8-13(18)9-12)20-21-17(23)25-11(4)16-19-14(10(2)3)22-24-16/h6-11H,5H2,1-4H3. The maximum atomic E-state index is 6.10. The molecule has 0 N–H and O–H groups in total. The largest absolute Gasteiger partial charge is 0.338 e. The molecule has 0 radical (unpaired) electrons. The second-order valence-electron chi connectivity index (χ2n) is 5.97. The minimum Gasteiger partial charge on any atom is -0.338 e. The van der Waals surface area contributed by atoms with E-state index in [2.05, 4.69) is 31.8 Å². The zero-order valence-electron chi connectivity index (χ0n) is 14.6. The van der Waals surface area contributed by atoms with E-state index in [4.69, 9.17) is 16.1 Å². The number of rotatable bonds is 6. The average Bonchev–Trinajstić information content (AvgIpc) is 3.21. The molecule has 8 heteroatoms. The summed E-state index contributed by atoms with van der Waals surface area (Å²) in [4.78, 5) is 4.46. The van der Waals surface area contributed by atoms with Gasteiger partial charge in [0.25, 0.3) is 0 Å². The Labute approximate surface area is 156 Å². The Bertz CT molecular complexity index is 860. The van der Waals surface area contributed by atoms with Crippen molar-refractivity contribution in [1.29, 1.82) is 0 Å². The summed E-state index contributed by atoms with van der Waals surface area (Å²) in [5, 5.41) is 14.2. The molecule has 0 aliphatic heterocycles. The molecule has 0 saturated carbocycles. The van der Waals surface area contributed by atoms with Crippen LogP contribution in [-0.4, -0.2) is 24.9 Å². The SMILES string of the molecule is CCn1c(SC(C)c2nc(C(C)C)no2)nnc1-c1cccc(Cl)c1. The van der Waals surface area contributed by atoms with Crippen molar-refractivity contribution >= 4 is 23.4 Å². The summed E-state index contributed by atoms with van der Waals surface area (Å²) in [5.41, 5.74) is 0.946. The smallest absolute Gasteiger partial charge is 0.239 e. The van der Waals surface area contributed by atoms with E-state index in [-0.39, 0.29) is 11.2 Å². The third-order valence-electron chi connectivity index (χ3n) is 3.72. The Hall–Kier alpha value is -1.86. The molecule has 0 aliphatic carbocycles. The number of nitrogens with zero attached hydrogens (tertiary/aromatic N) is 5. The minimum absolute atomic E-state index is 0.0123. The van der Waals surface area contributed by atoms with Crippen LogP contribution < -0.4 is 0 Å². The van der Waals surface area contributed by atoms with E-state index in [9.17, 15) is 0 Å². The van der Waals surface area contributed by atoms with E-state index in [1.54, 1.807) is 11.8 Å². The highest BCUT2D eigenvalue weighted by atomic mass is 35.5. The van der Waals surface area contributed by atoms with E-state index in [0.717, 1.165) is 28.9 Å². The molecule has 2 heterocycles. The quantitative estimate of drug-likeness (QED) is 0.564. The fourth-order valence-electron chi connectivity index (χ4n) is 2.36. The van der Waals surface area contributed by atoms with Gasteiger partial charge in [-0.3, -0.25) is 0 Å². The van der Waals surface area contributed by atoms with Crippen LogP contribution in [0.1, 0.15) is 50.6 Å². The summed E-state index contributed by atoms with van der Waals surface area (Å²) in [7, 11) is 0. The van der Waals surface area contributed by atoms with Gasteiger partial charge >= 0.3 is 0 Å². The first kappa shape index (κ1) is 17.9. The Morgan fingerprint density at radius 2 is 2.04 bits per heavy atom. The maximum Gasteiger partial charge on any atom is 0.239 e. The van der Waals surface area contributed by atoms with Crippen LogP contribution in [0.2, 0.25) is 5.02 Å². The van der Waals surface area contributed by atoms with Crippen molar-refractivity contribution in [3.8, 4) is 11.4 Å². The van der Waals surface area contributed by atoms with Crippen molar-refractivity contribution in [2.45, 2.75) is 50.6 Å². The lowest BCUT2D eigenvalue weighted by atomic mass is 10.2. The minimum atomic E-state index is -0.0123. The van der Waals surface area contributed by atoms with Gasteiger partial charge in [-0.25, -0.2) is 0 Å². The molecule has 0 amide bonds.